The van der Waals surface area contributed by atoms with Gasteiger partial charge in [0, 0.05) is 40.8 Å². The van der Waals surface area contributed by atoms with Crippen molar-refractivity contribution in [1.82, 2.24) is 15.3 Å². The third-order valence-corrected chi connectivity index (χ3v) is 4.97. The number of hydrogen-bond donors (Lipinski definition) is 2. The number of pyridine rings is 1. The van der Waals surface area contributed by atoms with Crippen LogP contribution in [-0.4, -0.2) is 27.3 Å². The summed E-state index contributed by atoms with van der Waals surface area (Å²) in [6.07, 6.45) is 7.08. The number of rotatable bonds is 7. The molecule has 0 bridgehead atoms. The number of nitrogens with zero attached hydrogens (tertiary/aromatic N) is 1. The van der Waals surface area contributed by atoms with Crippen LogP contribution in [0.1, 0.15) is 30.4 Å². The molecule has 0 saturated carbocycles. The zero-order valence-corrected chi connectivity index (χ0v) is 16.9. The summed E-state index contributed by atoms with van der Waals surface area (Å²) in [6.45, 7) is 0.561. The zero-order valence-electron chi connectivity index (χ0n) is 15.3. The summed E-state index contributed by atoms with van der Waals surface area (Å²) in [6, 6.07) is 11.1. The predicted octanol–water partition coefficient (Wildman–Crippen LogP) is 4.47. The van der Waals surface area contributed by atoms with Gasteiger partial charge in [0.05, 0.1) is 0 Å². The Hall–Kier alpha value is -2.68. The molecule has 2 aromatic heterocycles. The molecule has 6 heteroatoms. The summed E-state index contributed by atoms with van der Waals surface area (Å²) >= 11 is 11.3. The number of aromatic amines is 1. The number of aromatic nitrogens is 2. The van der Waals surface area contributed by atoms with Gasteiger partial charge in [0.2, 0.25) is 0 Å². The van der Waals surface area contributed by atoms with Crippen LogP contribution in [0.3, 0.4) is 0 Å². The number of amides is 1. The van der Waals surface area contributed by atoms with Crippen molar-refractivity contribution < 1.29 is 4.79 Å². The van der Waals surface area contributed by atoms with E-state index in [1.807, 2.05) is 24.5 Å². The Morgan fingerprint density at radius 2 is 2.00 bits per heavy atom. The van der Waals surface area contributed by atoms with Crippen LogP contribution in [0, 0.1) is 11.8 Å². The quantitative estimate of drug-likeness (QED) is 0.344. The van der Waals surface area contributed by atoms with E-state index in [4.69, 9.17) is 23.8 Å². The first-order valence-corrected chi connectivity index (χ1v) is 9.88. The fourth-order valence-electron chi connectivity index (χ4n) is 2.83. The highest BCUT2D eigenvalue weighted by atomic mass is 35.5. The molecule has 2 heterocycles. The molecule has 0 spiro atoms. The number of aryl methyl sites for hydroxylation is 1. The maximum absolute atomic E-state index is 11.8. The van der Waals surface area contributed by atoms with Gasteiger partial charge in [-0.3, -0.25) is 4.79 Å². The van der Waals surface area contributed by atoms with Crippen LogP contribution in [0.5, 0.6) is 0 Å². The van der Waals surface area contributed by atoms with Crippen molar-refractivity contribution in [3.05, 3.63) is 64.9 Å². The topological polar surface area (TPSA) is 57.8 Å². The van der Waals surface area contributed by atoms with Crippen LogP contribution in [-0.2, 0) is 11.2 Å². The van der Waals surface area contributed by atoms with Gasteiger partial charge in [0.1, 0.15) is 5.65 Å². The number of carbonyl (C=O) groups excluding carboxylic acids is 1. The van der Waals surface area contributed by atoms with Crippen LogP contribution in [0.2, 0.25) is 5.02 Å². The average molecular weight is 410 g/mol. The van der Waals surface area contributed by atoms with E-state index in [2.05, 4.69) is 27.1 Å². The molecule has 3 aromatic rings. The number of H-pyrrole nitrogens is 1. The smallest absolute Gasteiger partial charge is 0.296 e. The average Bonchev–Trinajstić information content (AvgIpc) is 3.18. The lowest BCUT2D eigenvalue weighted by molar-refractivity contribution is -0.115. The Balaban J connectivity index is 1.36. The summed E-state index contributed by atoms with van der Waals surface area (Å²) in [5, 5.41) is 4.60. The number of nitrogens with one attached hydrogen (secondary N) is 2. The van der Waals surface area contributed by atoms with E-state index >= 15 is 0 Å². The molecule has 1 amide bonds. The first kappa shape index (κ1) is 20.1. The number of thiocarbonyl (C=S) groups is 1. The second-order valence-electron chi connectivity index (χ2n) is 6.37. The highest BCUT2D eigenvalue weighted by Gasteiger charge is 2.05. The van der Waals surface area contributed by atoms with Gasteiger partial charge in [-0.15, -0.1) is 0 Å². The highest BCUT2D eigenvalue weighted by Crippen LogP contribution is 2.17. The van der Waals surface area contributed by atoms with Crippen LogP contribution < -0.4 is 5.32 Å². The molecule has 0 aliphatic heterocycles. The van der Waals surface area contributed by atoms with Gasteiger partial charge >= 0.3 is 0 Å². The first-order valence-electron chi connectivity index (χ1n) is 9.10. The van der Waals surface area contributed by atoms with E-state index in [1.165, 1.54) is 5.56 Å². The van der Waals surface area contributed by atoms with E-state index in [1.54, 1.807) is 24.3 Å². The van der Waals surface area contributed by atoms with Crippen LogP contribution in [0.4, 0.5) is 0 Å². The van der Waals surface area contributed by atoms with Crippen molar-refractivity contribution >= 4 is 45.6 Å². The van der Waals surface area contributed by atoms with E-state index in [0.29, 0.717) is 11.6 Å². The van der Waals surface area contributed by atoms with Gasteiger partial charge in [-0.25, -0.2) is 4.98 Å². The minimum absolute atomic E-state index is 0.285. The molecule has 4 nitrogen and oxygen atoms in total. The number of carbonyl (C=O) groups is 1. The van der Waals surface area contributed by atoms with Crippen molar-refractivity contribution in [1.29, 1.82) is 0 Å². The molecule has 1 aromatic carbocycles. The predicted molar refractivity (Wildman–Crippen MR) is 118 cm³/mol. The first-order chi connectivity index (χ1) is 13.6. The molecule has 0 saturated heterocycles. The molecule has 0 aliphatic rings. The van der Waals surface area contributed by atoms with E-state index in [0.717, 1.165) is 47.1 Å². The van der Waals surface area contributed by atoms with Crippen LogP contribution >= 0.6 is 23.8 Å². The second kappa shape index (κ2) is 10.0. The molecule has 0 unspecified atom stereocenters. The zero-order chi connectivity index (χ0) is 19.8. The monoisotopic (exact) mass is 409 g/mol. The maximum atomic E-state index is 11.8. The van der Waals surface area contributed by atoms with E-state index in [-0.39, 0.29) is 5.91 Å². The maximum Gasteiger partial charge on any atom is 0.296 e. The van der Waals surface area contributed by atoms with E-state index in [9.17, 15) is 4.79 Å². The van der Waals surface area contributed by atoms with Crippen molar-refractivity contribution in [3.8, 4) is 11.8 Å². The standard InChI is InChI=1S/C22H20ClN3OS/c23-18-7-3-16(4-8-18)5-10-21(27)24-13-1-2-19(28)9-6-17-11-14-25-22-20(17)12-15-26-22/h3-4,7-8,11-12,14-15H,1-2,6,9,13H2,(H,24,27)(H,25,26). The fourth-order valence-corrected chi connectivity index (χ4v) is 3.20. The lowest BCUT2D eigenvalue weighted by atomic mass is 10.0. The van der Waals surface area contributed by atoms with Crippen LogP contribution in [0.25, 0.3) is 11.0 Å². The summed E-state index contributed by atoms with van der Waals surface area (Å²) in [7, 11) is 0. The Bertz CT molecular complexity index is 1030. The largest absolute Gasteiger partial charge is 0.346 e. The minimum atomic E-state index is -0.285. The molecule has 0 aliphatic carbocycles. The van der Waals surface area contributed by atoms with Gasteiger partial charge in [0.15, 0.2) is 0 Å². The van der Waals surface area contributed by atoms with Gasteiger partial charge in [0.25, 0.3) is 5.91 Å². The van der Waals surface area contributed by atoms with Gasteiger partial charge in [-0.05, 0) is 72.5 Å². The fraction of sp³-hybridized carbons (Fsp3) is 0.227. The summed E-state index contributed by atoms with van der Waals surface area (Å²) in [5.41, 5.74) is 2.92. The van der Waals surface area contributed by atoms with Gasteiger partial charge < -0.3 is 10.3 Å². The SMILES string of the molecule is O=C(C#Cc1ccc(Cl)cc1)NCCCC(=S)CCc1ccnc2[nH]ccc12. The summed E-state index contributed by atoms with van der Waals surface area (Å²) in [5.74, 6) is 5.12. The molecule has 0 radical (unpaired) electrons. The Morgan fingerprint density at radius 3 is 2.82 bits per heavy atom. The van der Waals surface area contributed by atoms with Crippen molar-refractivity contribution in [2.45, 2.75) is 25.7 Å². The Morgan fingerprint density at radius 1 is 1.18 bits per heavy atom. The molecular formula is C22H20ClN3OS. The van der Waals surface area contributed by atoms with Crippen molar-refractivity contribution in [2.75, 3.05) is 6.54 Å². The van der Waals surface area contributed by atoms with E-state index < -0.39 is 0 Å². The number of halogens is 1. The lowest BCUT2D eigenvalue weighted by Crippen LogP contribution is -2.23. The molecule has 0 fully saturated rings. The Kier molecular flexibility index (Phi) is 7.18. The third kappa shape index (κ3) is 5.91. The van der Waals surface area contributed by atoms with Crippen molar-refractivity contribution in [3.63, 3.8) is 0 Å². The second-order valence-corrected chi connectivity index (χ2v) is 7.38. The number of benzene rings is 1. The minimum Gasteiger partial charge on any atom is -0.346 e. The van der Waals surface area contributed by atoms with Crippen molar-refractivity contribution in [2.24, 2.45) is 0 Å². The lowest BCUT2D eigenvalue weighted by Gasteiger charge is -2.06. The van der Waals surface area contributed by atoms with Crippen LogP contribution in [0.15, 0.2) is 48.8 Å². The van der Waals surface area contributed by atoms with Gasteiger partial charge in [-0.2, -0.15) is 0 Å². The molecule has 142 valence electrons. The molecule has 2 N–H and O–H groups in total. The molecular weight excluding hydrogens is 390 g/mol. The third-order valence-electron chi connectivity index (χ3n) is 4.31. The number of fused-ring (bicyclic) bond motifs is 1. The molecule has 28 heavy (non-hydrogen) atoms. The highest BCUT2D eigenvalue weighted by molar-refractivity contribution is 7.80. The summed E-state index contributed by atoms with van der Waals surface area (Å²) in [4.78, 5) is 20.2. The Labute approximate surface area is 174 Å². The molecule has 3 rings (SSSR count). The van der Waals surface area contributed by atoms with Gasteiger partial charge in [-0.1, -0.05) is 29.7 Å². The normalized spacial score (nSPS) is 10.3. The summed E-state index contributed by atoms with van der Waals surface area (Å²) < 4.78 is 0. The number of hydrogen-bond acceptors (Lipinski definition) is 3. The molecule has 0 atom stereocenters.